The molecule has 3 N–H and O–H groups in total. The number of carbonyl (C=O) groups is 1. The van der Waals surface area contributed by atoms with E-state index in [9.17, 15) is 4.79 Å². The largest absolute Gasteiger partial charge is 0.496 e. The number of ether oxygens (including phenoxy) is 1. The molecule has 0 radical (unpaired) electrons. The second-order valence-corrected chi connectivity index (χ2v) is 8.74. The number of aromatic amines is 1. The predicted molar refractivity (Wildman–Crippen MR) is 142 cm³/mol. The van der Waals surface area contributed by atoms with E-state index < -0.39 is 0 Å². The van der Waals surface area contributed by atoms with Crippen LogP contribution in [0.4, 0.5) is 11.5 Å². The van der Waals surface area contributed by atoms with Crippen molar-refractivity contribution in [3.05, 3.63) is 101 Å². The third-order valence-corrected chi connectivity index (χ3v) is 6.15. The van der Waals surface area contributed by atoms with Crippen molar-refractivity contribution in [1.29, 1.82) is 0 Å². The molecule has 8 heteroatoms. The predicted octanol–water partition coefficient (Wildman–Crippen LogP) is 6.26. The molecule has 1 amide bonds. The molecule has 2 aromatic heterocycles. The van der Waals surface area contributed by atoms with Crippen LogP contribution in [0, 0.1) is 0 Å². The first-order valence-corrected chi connectivity index (χ1v) is 11.8. The van der Waals surface area contributed by atoms with Gasteiger partial charge in [0.05, 0.1) is 22.6 Å². The molecule has 0 bridgehead atoms. The molecule has 0 spiro atoms. The lowest BCUT2D eigenvalue weighted by Gasteiger charge is -2.09. The van der Waals surface area contributed by atoms with Gasteiger partial charge < -0.3 is 20.4 Å². The minimum absolute atomic E-state index is 0.187. The van der Waals surface area contributed by atoms with Gasteiger partial charge in [0.25, 0.3) is 5.91 Å². The van der Waals surface area contributed by atoms with Gasteiger partial charge in [0.1, 0.15) is 17.4 Å². The van der Waals surface area contributed by atoms with Gasteiger partial charge in [0.2, 0.25) is 0 Å². The molecule has 0 fully saturated rings. The SMILES string of the molecule is COc1ccc(C(=O)Nc2ccc(CNc3ccc(-c4nc5ccccc5[nH]4)cn3)cc2)cc1Br. The smallest absolute Gasteiger partial charge is 0.255 e. The molecule has 0 saturated carbocycles. The summed E-state index contributed by atoms with van der Waals surface area (Å²) in [4.78, 5) is 25.0. The quantitative estimate of drug-likeness (QED) is 0.232. The Morgan fingerprint density at radius 3 is 2.57 bits per heavy atom. The van der Waals surface area contributed by atoms with Crippen molar-refractivity contribution in [3.63, 3.8) is 0 Å². The topological polar surface area (TPSA) is 91.9 Å². The molecule has 0 aliphatic carbocycles. The number of amides is 1. The van der Waals surface area contributed by atoms with Crippen LogP contribution in [0.1, 0.15) is 15.9 Å². The molecule has 0 atom stereocenters. The number of nitrogens with zero attached hydrogens (tertiary/aromatic N) is 2. The van der Waals surface area contributed by atoms with E-state index in [1.54, 1.807) is 31.5 Å². The summed E-state index contributed by atoms with van der Waals surface area (Å²) in [5.41, 5.74) is 5.19. The number of fused-ring (bicyclic) bond motifs is 1. The fraction of sp³-hybridized carbons (Fsp3) is 0.0741. The Kier molecular flexibility index (Phi) is 6.45. The highest BCUT2D eigenvalue weighted by atomic mass is 79.9. The highest BCUT2D eigenvalue weighted by Crippen LogP contribution is 2.26. The molecule has 0 unspecified atom stereocenters. The van der Waals surface area contributed by atoms with Gasteiger partial charge in [-0.1, -0.05) is 24.3 Å². The number of halogens is 1. The van der Waals surface area contributed by atoms with Crippen molar-refractivity contribution >= 4 is 44.4 Å². The van der Waals surface area contributed by atoms with Crippen LogP contribution in [-0.2, 0) is 6.54 Å². The van der Waals surface area contributed by atoms with Crippen molar-refractivity contribution < 1.29 is 9.53 Å². The third-order valence-electron chi connectivity index (χ3n) is 5.53. The minimum Gasteiger partial charge on any atom is -0.496 e. The Hall–Kier alpha value is -4.17. The standard InChI is InChI=1S/C27H22BrN5O2/c1-35-24-12-8-18(14-21(24)28)27(34)31-20-10-6-17(7-11-20)15-29-25-13-9-19(16-30-25)26-32-22-4-2-3-5-23(22)33-26/h2-14,16H,15H2,1H3,(H,29,30)(H,31,34)(H,32,33). The number of nitrogens with one attached hydrogen (secondary N) is 3. The number of imidazole rings is 1. The van der Waals surface area contributed by atoms with Crippen LogP contribution < -0.4 is 15.4 Å². The normalized spacial score (nSPS) is 10.8. The zero-order valence-electron chi connectivity index (χ0n) is 18.9. The molecule has 174 valence electrons. The summed E-state index contributed by atoms with van der Waals surface area (Å²) in [6.07, 6.45) is 1.80. The number of aromatic nitrogens is 3. The first-order chi connectivity index (χ1) is 17.1. The van der Waals surface area contributed by atoms with Gasteiger partial charge in [-0.3, -0.25) is 4.79 Å². The summed E-state index contributed by atoms with van der Waals surface area (Å²) in [6.45, 7) is 0.608. The summed E-state index contributed by atoms with van der Waals surface area (Å²) < 4.78 is 5.94. The van der Waals surface area contributed by atoms with Gasteiger partial charge >= 0.3 is 0 Å². The van der Waals surface area contributed by atoms with Gasteiger partial charge in [-0.2, -0.15) is 0 Å². The van der Waals surface area contributed by atoms with Crippen LogP contribution in [0.5, 0.6) is 5.75 Å². The molecule has 0 aliphatic heterocycles. The summed E-state index contributed by atoms with van der Waals surface area (Å²) >= 11 is 3.41. The molecular weight excluding hydrogens is 506 g/mol. The second kappa shape index (κ2) is 9.99. The van der Waals surface area contributed by atoms with E-state index in [0.717, 1.165) is 44.0 Å². The van der Waals surface area contributed by atoms with Crippen LogP contribution in [0.15, 0.2) is 89.5 Å². The van der Waals surface area contributed by atoms with Crippen LogP contribution in [0.3, 0.4) is 0 Å². The van der Waals surface area contributed by atoms with E-state index >= 15 is 0 Å². The molecule has 5 aromatic rings. The van der Waals surface area contributed by atoms with Crippen molar-refractivity contribution in [2.45, 2.75) is 6.54 Å². The molecule has 0 saturated heterocycles. The van der Waals surface area contributed by atoms with E-state index in [0.29, 0.717) is 17.9 Å². The fourth-order valence-corrected chi connectivity index (χ4v) is 4.18. The van der Waals surface area contributed by atoms with Crippen LogP contribution in [0.2, 0.25) is 0 Å². The molecule has 7 nitrogen and oxygen atoms in total. The summed E-state index contributed by atoms with van der Waals surface area (Å²) in [5, 5.41) is 6.24. The minimum atomic E-state index is -0.187. The third kappa shape index (κ3) is 5.17. The maximum absolute atomic E-state index is 12.5. The Morgan fingerprint density at radius 2 is 1.86 bits per heavy atom. The number of hydrogen-bond acceptors (Lipinski definition) is 5. The van der Waals surface area contributed by atoms with Crippen LogP contribution in [0.25, 0.3) is 22.4 Å². The number of pyridine rings is 1. The number of methoxy groups -OCH3 is 1. The Bertz CT molecular complexity index is 1450. The Morgan fingerprint density at radius 1 is 1.03 bits per heavy atom. The number of carbonyl (C=O) groups excluding carboxylic acids is 1. The molecule has 0 aliphatic rings. The van der Waals surface area contributed by atoms with Gasteiger partial charge in [-0.15, -0.1) is 0 Å². The molecule has 3 aromatic carbocycles. The van der Waals surface area contributed by atoms with Gasteiger partial charge in [-0.25, -0.2) is 9.97 Å². The van der Waals surface area contributed by atoms with Crippen molar-refractivity contribution in [3.8, 4) is 17.1 Å². The van der Waals surface area contributed by atoms with Crippen molar-refractivity contribution in [2.75, 3.05) is 17.7 Å². The highest BCUT2D eigenvalue weighted by molar-refractivity contribution is 9.10. The Labute approximate surface area is 210 Å². The molecule has 35 heavy (non-hydrogen) atoms. The molecule has 5 rings (SSSR count). The maximum atomic E-state index is 12.5. The van der Waals surface area contributed by atoms with Crippen LogP contribution >= 0.6 is 15.9 Å². The second-order valence-electron chi connectivity index (χ2n) is 7.89. The zero-order valence-corrected chi connectivity index (χ0v) is 20.5. The maximum Gasteiger partial charge on any atom is 0.255 e. The van der Waals surface area contributed by atoms with Crippen molar-refractivity contribution in [2.24, 2.45) is 0 Å². The van der Waals surface area contributed by atoms with Gasteiger partial charge in [-0.05, 0) is 76.1 Å². The number of H-pyrrole nitrogens is 1. The first kappa shape index (κ1) is 22.6. The highest BCUT2D eigenvalue weighted by Gasteiger charge is 2.10. The van der Waals surface area contributed by atoms with E-state index in [1.807, 2.05) is 60.7 Å². The average Bonchev–Trinajstić information content (AvgIpc) is 3.33. The molecular formula is C27H22BrN5O2. The lowest BCUT2D eigenvalue weighted by Crippen LogP contribution is -2.12. The number of benzene rings is 3. The number of hydrogen-bond donors (Lipinski definition) is 3. The van der Waals surface area contributed by atoms with Crippen LogP contribution in [-0.4, -0.2) is 28.0 Å². The van der Waals surface area contributed by atoms with E-state index in [4.69, 9.17) is 4.74 Å². The lowest BCUT2D eigenvalue weighted by molar-refractivity contribution is 0.102. The van der Waals surface area contributed by atoms with Gasteiger partial charge in [0, 0.05) is 29.6 Å². The lowest BCUT2D eigenvalue weighted by atomic mass is 10.1. The summed E-state index contributed by atoms with van der Waals surface area (Å²) in [5.74, 6) is 2.06. The average molecular weight is 528 g/mol. The van der Waals surface area contributed by atoms with E-state index in [1.165, 1.54) is 0 Å². The van der Waals surface area contributed by atoms with E-state index in [-0.39, 0.29) is 5.91 Å². The first-order valence-electron chi connectivity index (χ1n) is 11.0. The van der Waals surface area contributed by atoms with Gasteiger partial charge in [0.15, 0.2) is 0 Å². The fourth-order valence-electron chi connectivity index (χ4n) is 3.64. The molecule has 2 heterocycles. The summed E-state index contributed by atoms with van der Waals surface area (Å²) in [7, 11) is 1.59. The Balaban J connectivity index is 1.17. The monoisotopic (exact) mass is 527 g/mol. The number of para-hydroxylation sites is 2. The van der Waals surface area contributed by atoms with Crippen molar-refractivity contribution in [1.82, 2.24) is 15.0 Å². The summed E-state index contributed by atoms with van der Waals surface area (Å²) in [6, 6.07) is 24.8. The number of rotatable bonds is 7. The number of anilines is 2. The zero-order chi connectivity index (χ0) is 24.2. The van der Waals surface area contributed by atoms with E-state index in [2.05, 4.69) is 41.5 Å².